The van der Waals surface area contributed by atoms with Gasteiger partial charge in [-0.05, 0) is 18.1 Å². The molecular weight excluding hydrogens is 274 g/mol. The fourth-order valence-electron chi connectivity index (χ4n) is 2.82. The van der Waals surface area contributed by atoms with Gasteiger partial charge in [-0.1, -0.05) is 30.4 Å². The quantitative estimate of drug-likeness (QED) is 0.583. The minimum absolute atomic E-state index is 0.0866. The average Bonchev–Trinajstić information content (AvgIpc) is 2.41. The number of Topliss-reactive ketones (excluding diaryl/α,β-unsaturated/α-hetero) is 1. The highest BCUT2D eigenvalue weighted by atomic mass is 32.1. The van der Waals surface area contributed by atoms with E-state index in [1.807, 2.05) is 6.07 Å². The van der Waals surface area contributed by atoms with E-state index >= 15 is 0 Å². The van der Waals surface area contributed by atoms with Crippen LogP contribution in [0.1, 0.15) is 35.2 Å². The van der Waals surface area contributed by atoms with Crippen LogP contribution in [0.2, 0.25) is 0 Å². The van der Waals surface area contributed by atoms with Crippen LogP contribution in [-0.2, 0) is 16.0 Å². The van der Waals surface area contributed by atoms with Crippen LogP contribution in [0, 0.1) is 0 Å². The van der Waals surface area contributed by atoms with Crippen LogP contribution in [0.3, 0.4) is 0 Å². The van der Waals surface area contributed by atoms with Gasteiger partial charge in [0.15, 0.2) is 0 Å². The number of ketones is 1. The van der Waals surface area contributed by atoms with Crippen LogP contribution in [0.25, 0.3) is 0 Å². The fourth-order valence-corrected chi connectivity index (χ4v) is 3.21. The van der Waals surface area contributed by atoms with Crippen molar-refractivity contribution in [2.75, 3.05) is 0 Å². The number of carbonyl (C=O) groups is 3. The Kier molecular flexibility index (Phi) is 3.22. The number of benzene rings is 1. The van der Waals surface area contributed by atoms with E-state index in [9.17, 15) is 14.4 Å². The number of imide groups is 1. The Hall–Kier alpha value is -1.88. The molecule has 2 amide bonds. The highest BCUT2D eigenvalue weighted by molar-refractivity contribution is 7.80. The summed E-state index contributed by atoms with van der Waals surface area (Å²) in [6.45, 7) is 0. The zero-order valence-corrected chi connectivity index (χ0v) is 11.6. The Morgan fingerprint density at radius 1 is 1.10 bits per heavy atom. The van der Waals surface area contributed by atoms with E-state index < -0.39 is 6.04 Å². The highest BCUT2D eigenvalue weighted by Gasteiger charge is 2.39. The zero-order chi connectivity index (χ0) is 14.3. The third-order valence-electron chi connectivity index (χ3n) is 3.83. The number of rotatable bonds is 1. The van der Waals surface area contributed by atoms with Gasteiger partial charge in [-0.15, -0.1) is 0 Å². The zero-order valence-electron chi connectivity index (χ0n) is 10.8. The number of amides is 2. The summed E-state index contributed by atoms with van der Waals surface area (Å²) in [6, 6.07) is 6.72. The van der Waals surface area contributed by atoms with Gasteiger partial charge < -0.3 is 0 Å². The van der Waals surface area contributed by atoms with E-state index in [0.717, 1.165) is 5.56 Å². The second-order valence-corrected chi connectivity index (χ2v) is 5.66. The molecule has 1 aliphatic heterocycles. The monoisotopic (exact) mass is 287 g/mol. The largest absolute Gasteiger partial charge is 0.299 e. The number of thiocarbonyl (C=S) groups is 1. The predicted octanol–water partition coefficient (Wildman–Crippen LogP) is 1.70. The minimum atomic E-state index is -0.406. The Morgan fingerprint density at radius 2 is 1.85 bits per heavy atom. The number of hydrogen-bond acceptors (Lipinski definition) is 4. The van der Waals surface area contributed by atoms with Crippen LogP contribution in [0.5, 0.6) is 0 Å². The molecule has 3 rings (SSSR count). The lowest BCUT2D eigenvalue weighted by Gasteiger charge is -2.35. The van der Waals surface area contributed by atoms with Gasteiger partial charge in [-0.25, -0.2) is 0 Å². The summed E-state index contributed by atoms with van der Waals surface area (Å²) < 4.78 is 0. The van der Waals surface area contributed by atoms with Crippen LogP contribution < -0.4 is 0 Å². The smallest absolute Gasteiger partial charge is 0.261 e. The lowest BCUT2D eigenvalue weighted by Crippen LogP contribution is -2.53. The van der Waals surface area contributed by atoms with Crippen molar-refractivity contribution in [2.24, 2.45) is 0 Å². The molecule has 102 valence electrons. The molecule has 20 heavy (non-hydrogen) atoms. The molecule has 1 heterocycles. The van der Waals surface area contributed by atoms with Gasteiger partial charge in [0.2, 0.25) is 5.91 Å². The Balaban J connectivity index is 1.95. The predicted molar refractivity (Wildman–Crippen MR) is 76.6 cm³/mol. The lowest BCUT2D eigenvalue weighted by atomic mass is 9.89. The molecule has 4 nitrogen and oxygen atoms in total. The summed E-state index contributed by atoms with van der Waals surface area (Å²) in [7, 11) is 0. The van der Waals surface area contributed by atoms with Gasteiger partial charge in [0.25, 0.3) is 5.91 Å². The second kappa shape index (κ2) is 4.90. The van der Waals surface area contributed by atoms with Crippen molar-refractivity contribution in [3.63, 3.8) is 0 Å². The van der Waals surface area contributed by atoms with Gasteiger partial charge in [0.05, 0.1) is 12.5 Å². The molecular formula is C15H13NO3S. The van der Waals surface area contributed by atoms with Crippen LogP contribution in [0.4, 0.5) is 0 Å². The molecule has 1 fully saturated rings. The molecule has 1 aliphatic carbocycles. The van der Waals surface area contributed by atoms with Crippen molar-refractivity contribution >= 4 is 34.7 Å². The number of fused-ring (bicyclic) bond motifs is 1. The molecule has 1 unspecified atom stereocenters. The standard InChI is InChI=1S/C15H13NO3S/c17-10-5-6-12(13(20)8-10)16-14(18)7-9-3-1-2-4-11(9)15(16)19/h1-4,12H,5-8H2. The molecule has 5 heteroatoms. The molecule has 0 aromatic heterocycles. The van der Waals surface area contributed by atoms with E-state index in [2.05, 4.69) is 0 Å². The van der Waals surface area contributed by atoms with Crippen molar-refractivity contribution in [2.45, 2.75) is 31.7 Å². The molecule has 1 aromatic carbocycles. The third-order valence-corrected chi connectivity index (χ3v) is 4.24. The molecule has 2 aliphatic rings. The van der Waals surface area contributed by atoms with Gasteiger partial charge in [-0.2, -0.15) is 0 Å². The van der Waals surface area contributed by atoms with Crippen LogP contribution in [0.15, 0.2) is 24.3 Å². The van der Waals surface area contributed by atoms with E-state index in [-0.39, 0.29) is 30.4 Å². The summed E-state index contributed by atoms with van der Waals surface area (Å²) in [5.74, 6) is -0.433. The summed E-state index contributed by atoms with van der Waals surface area (Å²) in [6.07, 6.45) is 1.24. The average molecular weight is 287 g/mol. The Bertz CT molecular complexity index is 638. The maximum Gasteiger partial charge on any atom is 0.261 e. The molecule has 1 atom stereocenters. The molecule has 0 saturated heterocycles. The highest BCUT2D eigenvalue weighted by Crippen LogP contribution is 2.26. The van der Waals surface area contributed by atoms with E-state index in [0.29, 0.717) is 23.3 Å². The summed E-state index contributed by atoms with van der Waals surface area (Å²) in [5, 5.41) is 0. The van der Waals surface area contributed by atoms with Gasteiger partial charge in [0.1, 0.15) is 5.78 Å². The fraction of sp³-hybridized carbons (Fsp3) is 0.333. The minimum Gasteiger partial charge on any atom is -0.299 e. The molecule has 0 radical (unpaired) electrons. The van der Waals surface area contributed by atoms with E-state index in [1.165, 1.54) is 4.90 Å². The van der Waals surface area contributed by atoms with Gasteiger partial charge in [0, 0.05) is 23.3 Å². The van der Waals surface area contributed by atoms with E-state index in [1.54, 1.807) is 18.2 Å². The Morgan fingerprint density at radius 3 is 2.60 bits per heavy atom. The molecule has 0 bridgehead atoms. The third kappa shape index (κ3) is 2.08. The first-order chi connectivity index (χ1) is 9.58. The summed E-state index contributed by atoms with van der Waals surface area (Å²) in [4.78, 5) is 37.9. The van der Waals surface area contributed by atoms with Gasteiger partial charge >= 0.3 is 0 Å². The van der Waals surface area contributed by atoms with Crippen molar-refractivity contribution in [1.29, 1.82) is 0 Å². The maximum absolute atomic E-state index is 12.5. The summed E-state index contributed by atoms with van der Waals surface area (Å²) >= 11 is 5.22. The van der Waals surface area contributed by atoms with Crippen molar-refractivity contribution < 1.29 is 14.4 Å². The molecule has 0 spiro atoms. The normalized spacial score (nSPS) is 23.0. The van der Waals surface area contributed by atoms with Crippen molar-refractivity contribution in [3.05, 3.63) is 35.4 Å². The topological polar surface area (TPSA) is 54.5 Å². The second-order valence-electron chi connectivity index (χ2n) is 5.14. The van der Waals surface area contributed by atoms with E-state index in [4.69, 9.17) is 12.2 Å². The Labute approximate surface area is 121 Å². The number of carbonyl (C=O) groups excluding carboxylic acids is 3. The van der Waals surface area contributed by atoms with Crippen molar-refractivity contribution in [1.82, 2.24) is 4.90 Å². The maximum atomic E-state index is 12.5. The SMILES string of the molecule is O=C1CCC(N2C(=O)Cc3ccccc3C2=O)C(=S)C1. The number of nitrogens with zero attached hydrogens (tertiary/aromatic N) is 1. The van der Waals surface area contributed by atoms with Crippen LogP contribution in [-0.4, -0.2) is 33.4 Å². The van der Waals surface area contributed by atoms with Crippen molar-refractivity contribution in [3.8, 4) is 0 Å². The molecule has 1 aromatic rings. The first kappa shape index (κ1) is 13.1. The number of hydrogen-bond donors (Lipinski definition) is 0. The molecule has 0 N–H and O–H groups in total. The van der Waals surface area contributed by atoms with Crippen LogP contribution >= 0.6 is 12.2 Å². The lowest BCUT2D eigenvalue weighted by molar-refractivity contribution is -0.130. The first-order valence-corrected chi connectivity index (χ1v) is 6.97. The first-order valence-electron chi connectivity index (χ1n) is 6.56. The molecule has 1 saturated carbocycles. The summed E-state index contributed by atoms with van der Waals surface area (Å²) in [5.41, 5.74) is 1.32. The van der Waals surface area contributed by atoms with Gasteiger partial charge in [-0.3, -0.25) is 19.3 Å².